The fourth-order valence-electron chi connectivity index (χ4n) is 3.23. The maximum atomic E-state index is 12.6. The number of nitrogens with zero attached hydrogens (tertiary/aromatic N) is 1. The second-order valence-corrected chi connectivity index (χ2v) is 10.1. The lowest BCUT2D eigenvalue weighted by Gasteiger charge is -2.45. The van der Waals surface area contributed by atoms with Crippen molar-refractivity contribution in [2.45, 2.75) is 70.7 Å². The summed E-state index contributed by atoms with van der Waals surface area (Å²) in [5, 5.41) is -0.267. The van der Waals surface area contributed by atoms with Gasteiger partial charge in [-0.3, -0.25) is 14.4 Å². The summed E-state index contributed by atoms with van der Waals surface area (Å²) in [6.45, 7) is 11.3. The van der Waals surface area contributed by atoms with Gasteiger partial charge in [0.05, 0.1) is 10.8 Å². The summed E-state index contributed by atoms with van der Waals surface area (Å²) in [5.41, 5.74) is -0.701. The quantitative estimate of drug-likeness (QED) is 0.390. The van der Waals surface area contributed by atoms with Crippen LogP contribution in [0.15, 0.2) is 0 Å². The molecule has 2 saturated heterocycles. The largest absolute Gasteiger partial charge is 0.462 e. The van der Waals surface area contributed by atoms with Gasteiger partial charge in [0.1, 0.15) is 18.1 Å². The zero-order chi connectivity index (χ0) is 20.7. The van der Waals surface area contributed by atoms with E-state index in [0.29, 0.717) is 0 Å². The number of amides is 1. The van der Waals surface area contributed by atoms with Crippen molar-refractivity contribution in [3.8, 4) is 0 Å². The molecule has 2 aliphatic heterocycles. The molecule has 0 aromatic heterocycles. The van der Waals surface area contributed by atoms with E-state index in [9.17, 15) is 19.2 Å². The van der Waals surface area contributed by atoms with Gasteiger partial charge in [-0.15, -0.1) is 11.8 Å². The predicted molar refractivity (Wildman–Crippen MR) is 97.3 cm³/mol. The van der Waals surface area contributed by atoms with E-state index in [4.69, 9.17) is 14.2 Å². The second-order valence-electron chi connectivity index (χ2n) is 8.36. The Kier molecular flexibility index (Phi) is 5.85. The number of hydrogen-bond acceptors (Lipinski definition) is 8. The number of thioether (sulfide) groups is 1. The maximum Gasteiger partial charge on any atom is 0.333 e. The molecule has 2 heterocycles. The Hall–Kier alpha value is -1.77. The van der Waals surface area contributed by atoms with E-state index >= 15 is 0 Å². The van der Waals surface area contributed by atoms with E-state index in [2.05, 4.69) is 0 Å². The minimum absolute atomic E-state index is 0.250. The average Bonchev–Trinajstić information content (AvgIpc) is 2.73. The SMILES string of the molecule is CC(=O)OC(C)[C@H]1C(=O)N2[C@@H]1SC(C)(C)[C@@H]2C(=O)OCOC(=O)C(C)(C)C. The monoisotopic (exact) mass is 401 g/mol. The molecule has 0 radical (unpaired) electrons. The van der Waals surface area contributed by atoms with Gasteiger partial charge in [-0.05, 0) is 41.5 Å². The van der Waals surface area contributed by atoms with Crippen LogP contribution in [0.3, 0.4) is 0 Å². The minimum Gasteiger partial charge on any atom is -0.462 e. The summed E-state index contributed by atoms with van der Waals surface area (Å²) >= 11 is 1.47. The Labute approximate surface area is 163 Å². The van der Waals surface area contributed by atoms with Gasteiger partial charge in [-0.1, -0.05) is 0 Å². The van der Waals surface area contributed by atoms with Gasteiger partial charge in [0.2, 0.25) is 12.7 Å². The van der Waals surface area contributed by atoms with Gasteiger partial charge < -0.3 is 19.1 Å². The van der Waals surface area contributed by atoms with Crippen molar-refractivity contribution in [1.82, 2.24) is 4.90 Å². The Morgan fingerprint density at radius 1 is 1.22 bits per heavy atom. The van der Waals surface area contributed by atoms with Crippen molar-refractivity contribution in [2.75, 3.05) is 6.79 Å². The number of ether oxygens (including phenoxy) is 3. The highest BCUT2D eigenvalue weighted by atomic mass is 32.2. The Balaban J connectivity index is 2.01. The van der Waals surface area contributed by atoms with Crippen LogP contribution in [0, 0.1) is 11.3 Å². The van der Waals surface area contributed by atoms with E-state index in [1.807, 2.05) is 13.8 Å². The summed E-state index contributed by atoms with van der Waals surface area (Å²) in [5.74, 6) is -2.30. The molecule has 9 heteroatoms. The number of esters is 3. The lowest BCUT2D eigenvalue weighted by Crippen LogP contribution is -2.65. The fraction of sp³-hybridized carbons (Fsp3) is 0.778. The van der Waals surface area contributed by atoms with Crippen molar-refractivity contribution in [2.24, 2.45) is 11.3 Å². The first-order chi connectivity index (χ1) is 12.3. The molecule has 0 saturated carbocycles. The van der Waals surface area contributed by atoms with Crippen LogP contribution in [0.1, 0.15) is 48.5 Å². The molecule has 0 aliphatic carbocycles. The predicted octanol–water partition coefficient (Wildman–Crippen LogP) is 1.71. The van der Waals surface area contributed by atoms with Gasteiger partial charge >= 0.3 is 17.9 Å². The lowest BCUT2D eigenvalue weighted by atomic mass is 9.88. The number of carbonyl (C=O) groups is 4. The molecule has 0 aromatic rings. The van der Waals surface area contributed by atoms with Crippen molar-refractivity contribution in [3.05, 3.63) is 0 Å². The van der Waals surface area contributed by atoms with Crippen molar-refractivity contribution in [1.29, 1.82) is 0 Å². The molecule has 2 fully saturated rings. The Morgan fingerprint density at radius 3 is 2.33 bits per heavy atom. The summed E-state index contributed by atoms with van der Waals surface area (Å²) < 4.78 is 14.6. The Bertz CT molecular complexity index is 655. The van der Waals surface area contributed by atoms with Crippen molar-refractivity contribution >= 4 is 35.6 Å². The third kappa shape index (κ3) is 4.23. The number of rotatable bonds is 5. The maximum absolute atomic E-state index is 12.6. The number of fused-ring (bicyclic) bond motifs is 1. The standard InChI is InChI=1S/C18H27NO7S/c1-9(26-10(2)20)11-13(21)19-12(18(6,7)27-14(11)19)15(22)24-8-25-16(23)17(3,4)5/h9,11-12,14H,8H2,1-7H3/t9?,11-,12-,14+/m0/s1. The zero-order valence-corrected chi connectivity index (χ0v) is 17.5. The first-order valence-electron chi connectivity index (χ1n) is 8.78. The summed E-state index contributed by atoms with van der Waals surface area (Å²) in [6, 6.07) is -0.797. The van der Waals surface area contributed by atoms with Crippen molar-refractivity contribution in [3.63, 3.8) is 0 Å². The summed E-state index contributed by atoms with van der Waals surface area (Å²) in [6.07, 6.45) is -0.568. The van der Waals surface area contributed by atoms with Crippen LogP contribution in [0.25, 0.3) is 0 Å². The third-order valence-corrected chi connectivity index (χ3v) is 6.16. The van der Waals surface area contributed by atoms with E-state index in [0.717, 1.165) is 0 Å². The minimum atomic E-state index is -0.797. The molecular formula is C18H27NO7S. The summed E-state index contributed by atoms with van der Waals surface area (Å²) in [4.78, 5) is 49.6. The zero-order valence-electron chi connectivity index (χ0n) is 16.7. The molecule has 0 N–H and O–H groups in total. The smallest absolute Gasteiger partial charge is 0.333 e. The third-order valence-electron chi connectivity index (χ3n) is 4.57. The topological polar surface area (TPSA) is 99.2 Å². The number of carbonyl (C=O) groups excluding carboxylic acids is 4. The molecule has 8 nitrogen and oxygen atoms in total. The molecule has 2 rings (SSSR count). The molecule has 1 amide bonds. The first kappa shape index (κ1) is 21.5. The molecule has 4 atom stereocenters. The molecule has 0 bridgehead atoms. The summed E-state index contributed by atoms with van der Waals surface area (Å²) in [7, 11) is 0. The number of β-lactam (4-membered cyclic amide) rings is 1. The molecular weight excluding hydrogens is 374 g/mol. The molecule has 2 aliphatic rings. The van der Waals surface area contributed by atoms with Crippen LogP contribution < -0.4 is 0 Å². The molecule has 0 aromatic carbocycles. The molecule has 27 heavy (non-hydrogen) atoms. The van der Waals surface area contributed by atoms with Gasteiger partial charge in [0, 0.05) is 11.7 Å². The van der Waals surface area contributed by atoms with Gasteiger partial charge in [-0.25, -0.2) is 4.79 Å². The fourth-order valence-corrected chi connectivity index (χ4v) is 5.01. The molecule has 152 valence electrons. The van der Waals surface area contributed by atoms with E-state index < -0.39 is 52.9 Å². The van der Waals surface area contributed by atoms with E-state index in [-0.39, 0.29) is 11.3 Å². The van der Waals surface area contributed by atoms with Crippen molar-refractivity contribution < 1.29 is 33.4 Å². The second kappa shape index (κ2) is 7.33. The van der Waals surface area contributed by atoms with Crippen LogP contribution in [-0.4, -0.2) is 57.8 Å². The van der Waals surface area contributed by atoms with E-state index in [1.54, 1.807) is 27.7 Å². The number of hydrogen-bond donors (Lipinski definition) is 0. The highest BCUT2D eigenvalue weighted by Gasteiger charge is 2.65. The normalized spacial score (nSPS) is 27.3. The lowest BCUT2D eigenvalue weighted by molar-refractivity contribution is -0.184. The van der Waals surface area contributed by atoms with Crippen LogP contribution in [0.4, 0.5) is 0 Å². The van der Waals surface area contributed by atoms with Crippen LogP contribution in [-0.2, 0) is 33.4 Å². The van der Waals surface area contributed by atoms with Crippen LogP contribution in [0.5, 0.6) is 0 Å². The van der Waals surface area contributed by atoms with Crippen LogP contribution in [0.2, 0.25) is 0 Å². The average molecular weight is 401 g/mol. The van der Waals surface area contributed by atoms with Gasteiger partial charge in [0.25, 0.3) is 0 Å². The van der Waals surface area contributed by atoms with Gasteiger partial charge in [-0.2, -0.15) is 0 Å². The molecule has 1 unspecified atom stereocenters. The first-order valence-corrected chi connectivity index (χ1v) is 9.66. The highest BCUT2D eigenvalue weighted by Crippen LogP contribution is 2.54. The van der Waals surface area contributed by atoms with E-state index in [1.165, 1.54) is 23.6 Å². The van der Waals surface area contributed by atoms with Gasteiger partial charge in [0.15, 0.2) is 0 Å². The van der Waals surface area contributed by atoms with Crippen LogP contribution >= 0.6 is 11.8 Å². The highest BCUT2D eigenvalue weighted by molar-refractivity contribution is 8.01. The molecule has 0 spiro atoms. The Morgan fingerprint density at radius 2 is 1.81 bits per heavy atom.